The first-order valence-electron chi connectivity index (χ1n) is 5.51. The van der Waals surface area contributed by atoms with Crippen LogP contribution in [-0.2, 0) is 0 Å². The zero-order chi connectivity index (χ0) is 11.5. The second-order valence-corrected chi connectivity index (χ2v) is 4.60. The van der Waals surface area contributed by atoms with E-state index in [4.69, 9.17) is 22.1 Å². The lowest BCUT2D eigenvalue weighted by Gasteiger charge is -2.11. The number of ether oxygens (including phenoxy) is 1. The molecule has 0 bridgehead atoms. The molecule has 0 amide bonds. The standard InChI is InChI=1S/C12H16ClNO2/c13-10-5-9(11(15)6-14)3-4-12(10)16-7-8-1-2-8/h3-5,8,11,15H,1-2,6-7,14H2. The Hall–Kier alpha value is -0.770. The van der Waals surface area contributed by atoms with Gasteiger partial charge in [0, 0.05) is 6.54 Å². The van der Waals surface area contributed by atoms with Crippen molar-refractivity contribution in [3.05, 3.63) is 28.8 Å². The summed E-state index contributed by atoms with van der Waals surface area (Å²) in [5, 5.41) is 10.1. The Balaban J connectivity index is 2.02. The Kier molecular flexibility index (Phi) is 3.69. The number of aliphatic hydroxyl groups excluding tert-OH is 1. The van der Waals surface area contributed by atoms with Gasteiger partial charge in [-0.15, -0.1) is 0 Å². The number of benzene rings is 1. The van der Waals surface area contributed by atoms with Gasteiger partial charge in [-0.05, 0) is 36.5 Å². The lowest BCUT2D eigenvalue weighted by atomic mass is 10.1. The van der Waals surface area contributed by atoms with Crippen LogP contribution in [0.3, 0.4) is 0 Å². The van der Waals surface area contributed by atoms with Gasteiger partial charge in [0.1, 0.15) is 5.75 Å². The van der Waals surface area contributed by atoms with Crippen molar-refractivity contribution < 1.29 is 9.84 Å². The molecular formula is C12H16ClNO2. The van der Waals surface area contributed by atoms with Gasteiger partial charge < -0.3 is 15.6 Å². The molecule has 4 heteroatoms. The number of nitrogens with two attached hydrogens (primary N) is 1. The van der Waals surface area contributed by atoms with Crippen molar-refractivity contribution in [2.45, 2.75) is 18.9 Å². The van der Waals surface area contributed by atoms with Crippen molar-refractivity contribution >= 4 is 11.6 Å². The minimum Gasteiger partial charge on any atom is -0.492 e. The van der Waals surface area contributed by atoms with Crippen LogP contribution in [0.2, 0.25) is 5.02 Å². The predicted molar refractivity (Wildman–Crippen MR) is 63.7 cm³/mol. The van der Waals surface area contributed by atoms with Crippen LogP contribution in [0.1, 0.15) is 24.5 Å². The SMILES string of the molecule is NCC(O)c1ccc(OCC2CC2)c(Cl)c1. The Labute approximate surface area is 100 Å². The monoisotopic (exact) mass is 241 g/mol. The molecule has 0 aromatic heterocycles. The Morgan fingerprint density at radius 1 is 1.50 bits per heavy atom. The van der Waals surface area contributed by atoms with Crippen LogP contribution in [0, 0.1) is 5.92 Å². The number of hydrogen-bond acceptors (Lipinski definition) is 3. The minimum atomic E-state index is -0.657. The van der Waals surface area contributed by atoms with E-state index in [1.165, 1.54) is 12.8 Å². The van der Waals surface area contributed by atoms with Crippen molar-refractivity contribution in [1.82, 2.24) is 0 Å². The maximum Gasteiger partial charge on any atom is 0.137 e. The van der Waals surface area contributed by atoms with Gasteiger partial charge in [-0.3, -0.25) is 0 Å². The largest absolute Gasteiger partial charge is 0.492 e. The summed E-state index contributed by atoms with van der Waals surface area (Å²) in [5.74, 6) is 1.38. The molecule has 1 atom stereocenters. The molecule has 3 N–H and O–H groups in total. The van der Waals surface area contributed by atoms with E-state index in [0.717, 1.165) is 12.2 Å². The van der Waals surface area contributed by atoms with Crippen molar-refractivity contribution in [3.63, 3.8) is 0 Å². The highest BCUT2D eigenvalue weighted by Crippen LogP contribution is 2.32. The molecule has 1 aliphatic carbocycles. The van der Waals surface area contributed by atoms with Gasteiger partial charge in [-0.25, -0.2) is 0 Å². The van der Waals surface area contributed by atoms with Gasteiger partial charge in [0.05, 0.1) is 17.7 Å². The fourth-order valence-electron chi connectivity index (χ4n) is 1.47. The highest BCUT2D eigenvalue weighted by molar-refractivity contribution is 6.32. The van der Waals surface area contributed by atoms with Crippen LogP contribution in [0.5, 0.6) is 5.75 Å². The van der Waals surface area contributed by atoms with Gasteiger partial charge in [-0.2, -0.15) is 0 Å². The predicted octanol–water partition coefficient (Wildman–Crippen LogP) is 2.12. The summed E-state index contributed by atoms with van der Waals surface area (Å²) < 4.78 is 5.58. The summed E-state index contributed by atoms with van der Waals surface area (Å²) in [6.45, 7) is 0.928. The smallest absolute Gasteiger partial charge is 0.137 e. The zero-order valence-electron chi connectivity index (χ0n) is 9.03. The third kappa shape index (κ3) is 2.88. The Morgan fingerprint density at radius 3 is 2.81 bits per heavy atom. The fourth-order valence-corrected chi connectivity index (χ4v) is 1.71. The van der Waals surface area contributed by atoms with Crippen molar-refractivity contribution in [1.29, 1.82) is 0 Å². The summed E-state index contributed by atoms with van der Waals surface area (Å²) in [6.07, 6.45) is 1.85. The van der Waals surface area contributed by atoms with E-state index >= 15 is 0 Å². The summed E-state index contributed by atoms with van der Waals surface area (Å²) in [4.78, 5) is 0. The number of rotatable bonds is 5. The van der Waals surface area contributed by atoms with Crippen LogP contribution in [0.25, 0.3) is 0 Å². The molecular weight excluding hydrogens is 226 g/mol. The molecule has 1 aromatic rings. The van der Waals surface area contributed by atoms with Gasteiger partial charge in [0.15, 0.2) is 0 Å². The third-order valence-electron chi connectivity index (χ3n) is 2.74. The summed E-state index contributed by atoms with van der Waals surface area (Å²) in [6, 6.07) is 5.30. The highest BCUT2D eigenvalue weighted by atomic mass is 35.5. The molecule has 88 valence electrons. The van der Waals surface area contributed by atoms with Gasteiger partial charge in [-0.1, -0.05) is 17.7 Å². The lowest BCUT2D eigenvalue weighted by Crippen LogP contribution is -2.11. The van der Waals surface area contributed by atoms with Crippen LogP contribution < -0.4 is 10.5 Å². The normalized spacial score (nSPS) is 17.2. The zero-order valence-corrected chi connectivity index (χ0v) is 9.78. The molecule has 1 aliphatic rings. The molecule has 16 heavy (non-hydrogen) atoms. The van der Waals surface area contributed by atoms with Crippen LogP contribution >= 0.6 is 11.6 Å². The quantitative estimate of drug-likeness (QED) is 0.830. The van der Waals surface area contributed by atoms with Crippen LogP contribution in [-0.4, -0.2) is 18.3 Å². The van der Waals surface area contributed by atoms with E-state index in [1.54, 1.807) is 18.2 Å². The first-order valence-corrected chi connectivity index (χ1v) is 5.89. The Morgan fingerprint density at radius 2 is 2.25 bits per heavy atom. The first kappa shape index (κ1) is 11.7. The molecule has 0 aliphatic heterocycles. The maximum absolute atomic E-state index is 9.55. The summed E-state index contributed by atoms with van der Waals surface area (Å²) in [5.41, 5.74) is 6.10. The molecule has 0 spiro atoms. The van der Waals surface area contributed by atoms with E-state index in [-0.39, 0.29) is 6.54 Å². The molecule has 1 fully saturated rings. The first-order chi connectivity index (χ1) is 7.70. The second-order valence-electron chi connectivity index (χ2n) is 4.20. The van der Waals surface area contributed by atoms with E-state index < -0.39 is 6.10 Å². The van der Waals surface area contributed by atoms with E-state index in [9.17, 15) is 5.11 Å². The van der Waals surface area contributed by atoms with Crippen molar-refractivity contribution in [2.24, 2.45) is 11.7 Å². The molecule has 0 saturated heterocycles. The van der Waals surface area contributed by atoms with Gasteiger partial charge in [0.25, 0.3) is 0 Å². The van der Waals surface area contributed by atoms with Gasteiger partial charge >= 0.3 is 0 Å². The average molecular weight is 242 g/mol. The van der Waals surface area contributed by atoms with Crippen LogP contribution in [0.15, 0.2) is 18.2 Å². The maximum atomic E-state index is 9.55. The lowest BCUT2D eigenvalue weighted by molar-refractivity contribution is 0.186. The number of aliphatic hydroxyl groups is 1. The molecule has 2 rings (SSSR count). The second kappa shape index (κ2) is 5.04. The van der Waals surface area contributed by atoms with E-state index in [0.29, 0.717) is 16.7 Å². The van der Waals surface area contributed by atoms with E-state index in [1.807, 2.05) is 0 Å². The molecule has 0 radical (unpaired) electrons. The third-order valence-corrected chi connectivity index (χ3v) is 3.03. The van der Waals surface area contributed by atoms with Crippen molar-refractivity contribution in [2.75, 3.05) is 13.2 Å². The summed E-state index contributed by atoms with van der Waals surface area (Å²) in [7, 11) is 0. The van der Waals surface area contributed by atoms with E-state index in [2.05, 4.69) is 0 Å². The molecule has 1 aromatic carbocycles. The number of hydrogen-bond donors (Lipinski definition) is 2. The van der Waals surface area contributed by atoms with Gasteiger partial charge in [0.2, 0.25) is 0 Å². The van der Waals surface area contributed by atoms with Crippen molar-refractivity contribution in [3.8, 4) is 5.75 Å². The number of halogens is 1. The molecule has 0 heterocycles. The summed E-state index contributed by atoms with van der Waals surface area (Å²) >= 11 is 6.06. The molecule has 1 saturated carbocycles. The average Bonchev–Trinajstić information content (AvgIpc) is 3.10. The van der Waals surface area contributed by atoms with Crippen LogP contribution in [0.4, 0.5) is 0 Å². The highest BCUT2D eigenvalue weighted by Gasteiger charge is 2.22. The fraction of sp³-hybridized carbons (Fsp3) is 0.500. The minimum absolute atomic E-state index is 0.193. The molecule has 3 nitrogen and oxygen atoms in total. The molecule has 1 unspecified atom stereocenters. The Bertz CT molecular complexity index is 366. The topological polar surface area (TPSA) is 55.5 Å².